The minimum atomic E-state index is -0.440. The summed E-state index contributed by atoms with van der Waals surface area (Å²) in [6, 6.07) is 0. The molecule has 0 spiro atoms. The molecule has 138 valence electrons. The average Bonchev–Trinajstić information content (AvgIpc) is 2.84. The Labute approximate surface area is 152 Å². The van der Waals surface area contributed by atoms with Crippen molar-refractivity contribution < 1.29 is 14.3 Å². The number of hydrogen-bond donors (Lipinski definition) is 0. The fourth-order valence-electron chi connectivity index (χ4n) is 4.65. The van der Waals surface area contributed by atoms with Crippen molar-refractivity contribution in [3.63, 3.8) is 0 Å². The molecule has 0 aliphatic heterocycles. The zero-order valence-electron chi connectivity index (χ0n) is 16.1. The third-order valence-electron chi connectivity index (χ3n) is 6.15. The maximum atomic E-state index is 11.7. The van der Waals surface area contributed by atoms with Gasteiger partial charge in [0.25, 0.3) is 0 Å². The molecular weight excluding hydrogens is 312 g/mol. The highest BCUT2D eigenvalue weighted by Crippen LogP contribution is 2.54. The van der Waals surface area contributed by atoms with Crippen LogP contribution in [0.3, 0.4) is 0 Å². The number of rotatable bonds is 3. The van der Waals surface area contributed by atoms with Crippen LogP contribution in [0.15, 0.2) is 35.5 Å². The molecule has 1 saturated carbocycles. The van der Waals surface area contributed by atoms with Crippen LogP contribution in [0, 0.1) is 17.3 Å². The molecule has 25 heavy (non-hydrogen) atoms. The first-order chi connectivity index (χ1) is 11.8. The highest BCUT2D eigenvalue weighted by molar-refractivity contribution is 5.76. The number of hydrogen-bond acceptors (Lipinski definition) is 3. The van der Waals surface area contributed by atoms with Gasteiger partial charge in [0, 0.05) is 12.5 Å². The number of carbonyl (C=O) groups excluding carboxylic acids is 2. The van der Waals surface area contributed by atoms with Crippen molar-refractivity contribution in [2.75, 3.05) is 0 Å². The lowest BCUT2D eigenvalue weighted by atomic mass is 9.70. The Hall–Kier alpha value is -1.64. The molecule has 2 aliphatic rings. The van der Waals surface area contributed by atoms with Gasteiger partial charge in [-0.05, 0) is 69.6 Å². The highest BCUT2D eigenvalue weighted by atomic mass is 16.5. The smallest absolute Gasteiger partial charge is 0.303 e. The maximum Gasteiger partial charge on any atom is 0.303 e. The van der Waals surface area contributed by atoms with Gasteiger partial charge in [-0.2, -0.15) is 0 Å². The summed E-state index contributed by atoms with van der Waals surface area (Å²) in [5.74, 6) is 0.650. The number of ether oxygens (including phenoxy) is 1. The molecule has 0 bridgehead atoms. The predicted molar refractivity (Wildman–Crippen MR) is 101 cm³/mol. The maximum absolute atomic E-state index is 11.7. The minimum absolute atomic E-state index is 0.0347. The topological polar surface area (TPSA) is 43.4 Å². The van der Waals surface area contributed by atoms with Crippen LogP contribution in [-0.4, -0.2) is 18.4 Å². The van der Waals surface area contributed by atoms with Gasteiger partial charge in [-0.1, -0.05) is 36.8 Å². The van der Waals surface area contributed by atoms with Gasteiger partial charge in [0.2, 0.25) is 0 Å². The summed E-state index contributed by atoms with van der Waals surface area (Å²) in [4.78, 5) is 23.3. The number of carbonyl (C=O) groups is 2. The van der Waals surface area contributed by atoms with Crippen LogP contribution in [-0.2, 0) is 14.3 Å². The lowest BCUT2D eigenvalue weighted by Crippen LogP contribution is -2.33. The molecule has 0 radical (unpaired) electrons. The third kappa shape index (κ3) is 4.71. The predicted octanol–water partition coefficient (Wildman–Crippen LogP) is 5.17. The molecule has 0 aromatic carbocycles. The van der Waals surface area contributed by atoms with Crippen molar-refractivity contribution in [1.29, 1.82) is 0 Å². The summed E-state index contributed by atoms with van der Waals surface area (Å²) >= 11 is 0. The highest BCUT2D eigenvalue weighted by Gasteiger charge is 2.46. The lowest BCUT2D eigenvalue weighted by Gasteiger charge is -2.36. The van der Waals surface area contributed by atoms with E-state index in [0.29, 0.717) is 23.8 Å². The molecule has 2 rings (SSSR count). The van der Waals surface area contributed by atoms with E-state index in [1.807, 2.05) is 6.08 Å². The Morgan fingerprint density at radius 2 is 2.08 bits per heavy atom. The monoisotopic (exact) mass is 344 g/mol. The molecule has 0 N–H and O–H groups in total. The minimum Gasteiger partial charge on any atom is -0.458 e. The summed E-state index contributed by atoms with van der Waals surface area (Å²) in [7, 11) is 0. The Bertz CT molecular complexity index is 598. The second-order valence-electron chi connectivity index (χ2n) is 8.20. The normalized spacial score (nSPS) is 37.5. The summed E-state index contributed by atoms with van der Waals surface area (Å²) in [6.07, 6.45) is 10.4. The van der Waals surface area contributed by atoms with Gasteiger partial charge in [-0.3, -0.25) is 9.59 Å². The largest absolute Gasteiger partial charge is 0.458 e. The lowest BCUT2D eigenvalue weighted by molar-refractivity contribution is -0.146. The zero-order valence-corrected chi connectivity index (χ0v) is 16.1. The molecule has 1 fully saturated rings. The molecule has 0 heterocycles. The van der Waals surface area contributed by atoms with Crippen molar-refractivity contribution in [2.24, 2.45) is 17.3 Å². The van der Waals surface area contributed by atoms with E-state index in [1.54, 1.807) is 0 Å². The number of allylic oxidation sites excluding steroid dienone is 4. The molecular formula is C22H32O3. The Kier molecular flexibility index (Phi) is 6.42. The third-order valence-corrected chi connectivity index (χ3v) is 6.15. The molecule has 0 amide bonds. The Morgan fingerprint density at radius 3 is 2.68 bits per heavy atom. The second kappa shape index (κ2) is 8.16. The van der Waals surface area contributed by atoms with Crippen LogP contribution >= 0.6 is 0 Å². The number of fused-ring (bicyclic) bond motifs is 1. The van der Waals surface area contributed by atoms with Crippen molar-refractivity contribution >= 4 is 12.3 Å². The fraction of sp³-hybridized carbons (Fsp3) is 0.636. The molecule has 3 nitrogen and oxygen atoms in total. The van der Waals surface area contributed by atoms with E-state index in [-0.39, 0.29) is 11.4 Å². The van der Waals surface area contributed by atoms with Crippen LogP contribution in [0.4, 0.5) is 0 Å². The van der Waals surface area contributed by atoms with Crippen molar-refractivity contribution in [2.45, 2.75) is 72.3 Å². The van der Waals surface area contributed by atoms with Gasteiger partial charge in [0.05, 0.1) is 0 Å². The summed E-state index contributed by atoms with van der Waals surface area (Å²) < 4.78 is 5.59. The fourth-order valence-corrected chi connectivity index (χ4v) is 4.65. The summed E-state index contributed by atoms with van der Waals surface area (Å²) in [5.41, 5.74) is 3.25. The zero-order chi connectivity index (χ0) is 18.6. The first-order valence-corrected chi connectivity index (χ1v) is 9.40. The van der Waals surface area contributed by atoms with Crippen LogP contribution < -0.4 is 0 Å². The first kappa shape index (κ1) is 19.7. The van der Waals surface area contributed by atoms with Crippen molar-refractivity contribution in [1.82, 2.24) is 0 Å². The van der Waals surface area contributed by atoms with E-state index < -0.39 is 6.10 Å². The van der Waals surface area contributed by atoms with Crippen LogP contribution in [0.5, 0.6) is 0 Å². The van der Waals surface area contributed by atoms with E-state index in [9.17, 15) is 9.59 Å². The van der Waals surface area contributed by atoms with Crippen molar-refractivity contribution in [3.8, 4) is 0 Å². The van der Waals surface area contributed by atoms with Crippen molar-refractivity contribution in [3.05, 3.63) is 35.5 Å². The second-order valence-corrected chi connectivity index (χ2v) is 8.20. The van der Waals surface area contributed by atoms with E-state index in [2.05, 4.69) is 33.4 Å². The molecule has 0 aromatic rings. The Morgan fingerprint density at radius 1 is 1.36 bits per heavy atom. The number of aldehydes is 1. The van der Waals surface area contributed by atoms with Crippen LogP contribution in [0.2, 0.25) is 0 Å². The van der Waals surface area contributed by atoms with E-state index in [4.69, 9.17) is 4.74 Å². The molecule has 0 saturated heterocycles. The molecule has 0 aromatic heterocycles. The van der Waals surface area contributed by atoms with E-state index in [0.717, 1.165) is 38.4 Å². The number of esters is 1. The van der Waals surface area contributed by atoms with Crippen LogP contribution in [0.1, 0.15) is 66.2 Å². The molecule has 3 heteroatoms. The summed E-state index contributed by atoms with van der Waals surface area (Å²) in [5, 5.41) is 0. The van der Waals surface area contributed by atoms with Gasteiger partial charge in [0.1, 0.15) is 12.4 Å². The van der Waals surface area contributed by atoms with Gasteiger partial charge in [0.15, 0.2) is 0 Å². The van der Waals surface area contributed by atoms with Gasteiger partial charge in [-0.15, -0.1) is 0 Å². The van der Waals surface area contributed by atoms with Gasteiger partial charge in [-0.25, -0.2) is 0 Å². The SMILES string of the molecule is C=C(C)C1CC[C@]2(C)C[C@@H](OC(C)=O)/C(C=O)=C\CC/C(C)=C/C[C@@H]12. The van der Waals surface area contributed by atoms with E-state index >= 15 is 0 Å². The average molecular weight is 344 g/mol. The molecule has 4 atom stereocenters. The van der Waals surface area contributed by atoms with E-state index in [1.165, 1.54) is 18.1 Å². The molecule has 2 aliphatic carbocycles. The van der Waals surface area contributed by atoms with Crippen LogP contribution in [0.25, 0.3) is 0 Å². The Balaban J connectivity index is 2.42. The quantitative estimate of drug-likeness (QED) is 0.403. The summed E-state index contributed by atoms with van der Waals surface area (Å²) in [6.45, 7) is 12.2. The standard InChI is InChI=1S/C22H32O3/c1-15(2)19-11-12-22(5)13-21(25-17(4)24)18(14-23)8-6-7-16(3)9-10-20(19)22/h8-9,14,19-21H,1,6-7,10-13H2,2-5H3/b16-9+,18-8-/t19?,20-,21+,22+/m0/s1. The molecule has 1 unspecified atom stereocenters. The van der Waals surface area contributed by atoms with Gasteiger partial charge >= 0.3 is 5.97 Å². The van der Waals surface area contributed by atoms with Gasteiger partial charge < -0.3 is 4.74 Å². The first-order valence-electron chi connectivity index (χ1n) is 9.40.